The number of hydrogen-bond donors (Lipinski definition) is 0. The highest BCUT2D eigenvalue weighted by Crippen LogP contribution is 2.29. The first-order valence-corrected chi connectivity index (χ1v) is 11.8. The van der Waals surface area contributed by atoms with Crippen LogP contribution < -0.4 is 24.3 Å². The van der Waals surface area contributed by atoms with Crippen LogP contribution in [0, 0.1) is 0 Å². The third-order valence-corrected chi connectivity index (χ3v) is 6.01. The summed E-state index contributed by atoms with van der Waals surface area (Å²) in [7, 11) is 1.59. The van der Waals surface area contributed by atoms with Crippen LogP contribution in [0.2, 0.25) is 0 Å². The van der Waals surface area contributed by atoms with E-state index in [0.717, 1.165) is 24.8 Å². The van der Waals surface area contributed by atoms with E-state index in [0.29, 0.717) is 44.7 Å². The molecule has 0 unspecified atom stereocenters. The molecule has 8 nitrogen and oxygen atoms in total. The van der Waals surface area contributed by atoms with Crippen molar-refractivity contribution in [3.05, 3.63) is 62.9 Å². The Labute approximate surface area is 200 Å². The van der Waals surface area contributed by atoms with Crippen LogP contribution in [0.3, 0.4) is 0 Å². The van der Waals surface area contributed by atoms with Gasteiger partial charge in [0.2, 0.25) is 4.96 Å². The van der Waals surface area contributed by atoms with Crippen LogP contribution in [0.25, 0.3) is 22.4 Å². The number of benzene rings is 2. The number of rotatable bonds is 9. The molecule has 176 valence electrons. The number of thiazole rings is 1. The van der Waals surface area contributed by atoms with Crippen molar-refractivity contribution in [3.63, 3.8) is 0 Å². The van der Waals surface area contributed by atoms with Gasteiger partial charge in [0.05, 0.1) is 23.8 Å². The van der Waals surface area contributed by atoms with Crippen molar-refractivity contribution in [2.75, 3.05) is 13.7 Å². The second-order valence-corrected chi connectivity index (χ2v) is 8.61. The zero-order valence-corrected chi connectivity index (χ0v) is 20.1. The molecule has 0 amide bonds. The van der Waals surface area contributed by atoms with Crippen molar-refractivity contribution in [3.8, 4) is 28.6 Å². The number of carbonyl (C=O) groups excluding carboxylic acids is 1. The Bertz CT molecular complexity index is 1430. The summed E-state index contributed by atoms with van der Waals surface area (Å²) >= 11 is 1.23. The van der Waals surface area contributed by atoms with Gasteiger partial charge < -0.3 is 14.2 Å². The molecule has 0 spiro atoms. The molecule has 0 bridgehead atoms. The first-order valence-electron chi connectivity index (χ1n) is 11.0. The van der Waals surface area contributed by atoms with Crippen molar-refractivity contribution in [2.45, 2.75) is 33.1 Å². The molecular weight excluding hydrogens is 454 g/mol. The zero-order chi connectivity index (χ0) is 24.1. The van der Waals surface area contributed by atoms with Gasteiger partial charge in [-0.1, -0.05) is 49.3 Å². The van der Waals surface area contributed by atoms with E-state index in [4.69, 9.17) is 14.2 Å². The number of hydrogen-bond acceptors (Lipinski definition) is 8. The molecule has 34 heavy (non-hydrogen) atoms. The summed E-state index contributed by atoms with van der Waals surface area (Å²) in [6.45, 7) is 4.11. The summed E-state index contributed by atoms with van der Waals surface area (Å²) in [6, 6.07) is 12.5. The van der Waals surface area contributed by atoms with Gasteiger partial charge in [-0.25, -0.2) is 0 Å². The van der Waals surface area contributed by atoms with Gasteiger partial charge in [0.1, 0.15) is 5.75 Å². The molecule has 4 aromatic rings. The molecule has 0 saturated carbocycles. The minimum Gasteiger partial charge on any atom is -0.493 e. The summed E-state index contributed by atoms with van der Waals surface area (Å²) < 4.78 is 18.3. The van der Waals surface area contributed by atoms with E-state index in [1.165, 1.54) is 22.8 Å². The van der Waals surface area contributed by atoms with Gasteiger partial charge in [0, 0.05) is 6.92 Å². The third kappa shape index (κ3) is 5.09. The Morgan fingerprint density at radius 2 is 1.94 bits per heavy atom. The predicted octanol–water partition coefficient (Wildman–Crippen LogP) is 3.87. The fourth-order valence-corrected chi connectivity index (χ4v) is 4.33. The van der Waals surface area contributed by atoms with Crippen LogP contribution in [0.1, 0.15) is 38.7 Å². The third-order valence-electron chi connectivity index (χ3n) is 5.05. The van der Waals surface area contributed by atoms with E-state index in [1.807, 2.05) is 18.2 Å². The molecule has 2 aromatic heterocycles. The highest BCUT2D eigenvalue weighted by Gasteiger charge is 2.16. The van der Waals surface area contributed by atoms with Crippen LogP contribution >= 0.6 is 11.3 Å². The van der Waals surface area contributed by atoms with Gasteiger partial charge >= 0.3 is 5.97 Å². The average Bonchev–Trinajstić information content (AvgIpc) is 3.36. The van der Waals surface area contributed by atoms with E-state index in [1.54, 1.807) is 37.5 Å². The van der Waals surface area contributed by atoms with E-state index < -0.39 is 5.97 Å². The van der Waals surface area contributed by atoms with E-state index in [9.17, 15) is 9.59 Å². The largest absolute Gasteiger partial charge is 0.493 e. The molecular formula is C25H25N3O5S. The summed E-state index contributed by atoms with van der Waals surface area (Å²) in [6.07, 6.45) is 5.01. The maximum Gasteiger partial charge on any atom is 0.308 e. The lowest BCUT2D eigenvalue weighted by molar-refractivity contribution is -0.131. The minimum atomic E-state index is -0.442. The smallest absolute Gasteiger partial charge is 0.308 e. The van der Waals surface area contributed by atoms with E-state index in [-0.39, 0.29) is 5.56 Å². The molecule has 9 heteroatoms. The molecule has 0 atom stereocenters. The van der Waals surface area contributed by atoms with Crippen LogP contribution in [0.15, 0.2) is 47.3 Å². The Morgan fingerprint density at radius 1 is 1.12 bits per heavy atom. The minimum absolute atomic E-state index is 0.275. The molecule has 0 saturated heterocycles. The molecule has 4 rings (SSSR count). The number of para-hydroxylation sites is 1. The SMILES string of the molecule is CCCCCOc1ccc(/C=c2/sc3nc(-c4ccccc4OC(C)=O)nn3c2=O)cc1OC. The molecule has 2 aromatic carbocycles. The first kappa shape index (κ1) is 23.4. The number of nitrogens with zero attached hydrogens (tertiary/aromatic N) is 3. The zero-order valence-electron chi connectivity index (χ0n) is 19.2. The second-order valence-electron chi connectivity index (χ2n) is 7.60. The van der Waals surface area contributed by atoms with Crippen LogP contribution in [-0.2, 0) is 4.79 Å². The quantitative estimate of drug-likeness (QED) is 0.204. The van der Waals surface area contributed by atoms with Crippen LogP contribution in [0.4, 0.5) is 0 Å². The van der Waals surface area contributed by atoms with Crippen molar-refractivity contribution >= 4 is 28.3 Å². The van der Waals surface area contributed by atoms with Gasteiger partial charge in [0.25, 0.3) is 5.56 Å². The Hall–Kier alpha value is -3.72. The standard InChI is InChI=1S/C25H25N3O5S/c1-4-5-8-13-32-20-12-11-17(14-21(20)31-3)15-22-24(30)28-25(34-22)26-23(27-28)18-9-6-7-10-19(18)33-16(2)29/h6-7,9-12,14-15H,4-5,8,13H2,1-3H3/b22-15+. The van der Waals surface area contributed by atoms with Crippen molar-refractivity contribution in [1.29, 1.82) is 0 Å². The number of aromatic nitrogens is 3. The average molecular weight is 480 g/mol. The number of unbranched alkanes of at least 4 members (excludes halogenated alkanes) is 2. The molecule has 0 N–H and O–H groups in total. The normalized spacial score (nSPS) is 11.7. The lowest BCUT2D eigenvalue weighted by Crippen LogP contribution is -2.23. The lowest BCUT2D eigenvalue weighted by Gasteiger charge is -2.11. The van der Waals surface area contributed by atoms with E-state index in [2.05, 4.69) is 17.0 Å². The Kier molecular flexibility index (Phi) is 7.22. The fraction of sp³-hybridized carbons (Fsp3) is 0.280. The lowest BCUT2D eigenvalue weighted by atomic mass is 10.2. The van der Waals surface area contributed by atoms with Crippen molar-refractivity contribution in [2.24, 2.45) is 0 Å². The molecule has 0 radical (unpaired) electrons. The summed E-state index contributed by atoms with van der Waals surface area (Å²) in [5.74, 6) is 1.51. The molecule has 0 aliphatic heterocycles. The van der Waals surface area contributed by atoms with Gasteiger partial charge in [-0.15, -0.1) is 5.10 Å². The molecule has 0 aliphatic carbocycles. The highest BCUT2D eigenvalue weighted by molar-refractivity contribution is 7.15. The summed E-state index contributed by atoms with van der Waals surface area (Å²) in [5.41, 5.74) is 1.07. The Balaban J connectivity index is 1.63. The van der Waals surface area contributed by atoms with Gasteiger partial charge in [0.15, 0.2) is 17.3 Å². The highest BCUT2D eigenvalue weighted by atomic mass is 32.1. The summed E-state index contributed by atoms with van der Waals surface area (Å²) in [5, 5.41) is 4.36. The predicted molar refractivity (Wildman–Crippen MR) is 131 cm³/mol. The second kappa shape index (κ2) is 10.5. The monoisotopic (exact) mass is 479 g/mol. The fourth-order valence-electron chi connectivity index (χ4n) is 3.42. The van der Waals surface area contributed by atoms with Crippen LogP contribution in [-0.4, -0.2) is 34.3 Å². The van der Waals surface area contributed by atoms with Gasteiger partial charge in [-0.3, -0.25) is 9.59 Å². The first-order chi connectivity index (χ1) is 16.5. The number of ether oxygens (including phenoxy) is 3. The molecule has 0 fully saturated rings. The van der Waals surface area contributed by atoms with E-state index >= 15 is 0 Å². The number of methoxy groups -OCH3 is 1. The van der Waals surface area contributed by atoms with Crippen molar-refractivity contribution in [1.82, 2.24) is 14.6 Å². The van der Waals surface area contributed by atoms with Crippen LogP contribution in [0.5, 0.6) is 17.2 Å². The van der Waals surface area contributed by atoms with Gasteiger partial charge in [-0.05, 0) is 42.3 Å². The summed E-state index contributed by atoms with van der Waals surface area (Å²) in [4.78, 5) is 29.3. The number of esters is 1. The maximum absolute atomic E-state index is 13.0. The van der Waals surface area contributed by atoms with Gasteiger partial charge in [-0.2, -0.15) is 9.50 Å². The topological polar surface area (TPSA) is 92.0 Å². The molecule has 0 aliphatic rings. The number of fused-ring (bicyclic) bond motifs is 1. The maximum atomic E-state index is 13.0. The Morgan fingerprint density at radius 3 is 2.68 bits per heavy atom. The van der Waals surface area contributed by atoms with Crippen molar-refractivity contribution < 1.29 is 19.0 Å². The number of carbonyl (C=O) groups is 1. The molecule has 2 heterocycles.